The van der Waals surface area contributed by atoms with Gasteiger partial charge in [0.2, 0.25) is 11.8 Å². The maximum absolute atomic E-state index is 14.3. The number of benzene rings is 2. The molecule has 0 saturated carbocycles. The van der Waals surface area contributed by atoms with E-state index in [0.29, 0.717) is 22.6 Å². The van der Waals surface area contributed by atoms with Crippen molar-refractivity contribution >= 4 is 34.8 Å². The molecular formula is C28H35N3O6. The van der Waals surface area contributed by atoms with Gasteiger partial charge in [0.1, 0.15) is 0 Å². The number of nitrogens with zero attached hydrogens (tertiary/aromatic N) is 1. The maximum atomic E-state index is 14.3. The van der Waals surface area contributed by atoms with E-state index in [1.54, 1.807) is 49.1 Å². The number of hydrogen-bond donors (Lipinski definition) is 4. The molecule has 4 atom stereocenters. The standard InChI is InChI=1S/C28H35N3O6/c1-16-25(27(4,5)36)24(12-13-32)37-28(16)22-14-21(30-18(3)34)10-11-23(22)31(26(28)35)15-19-6-8-20(9-7-19)29-17(2)33/h6-11,14,16,24-25,32,36H,12-13,15H2,1-5H3,(H,29,33)(H,30,34)/t16-,24+,25-,28+/m1/s1. The molecule has 4 N–H and O–H groups in total. The Morgan fingerprint density at radius 3 is 2.22 bits per heavy atom. The van der Waals surface area contributed by atoms with Gasteiger partial charge in [-0.05, 0) is 56.2 Å². The molecule has 2 aromatic carbocycles. The molecule has 1 spiro atoms. The van der Waals surface area contributed by atoms with Crippen LogP contribution in [0.4, 0.5) is 17.1 Å². The van der Waals surface area contributed by atoms with Gasteiger partial charge in [-0.15, -0.1) is 0 Å². The highest BCUT2D eigenvalue weighted by Crippen LogP contribution is 2.58. The topological polar surface area (TPSA) is 128 Å². The van der Waals surface area contributed by atoms with Crippen molar-refractivity contribution < 1.29 is 29.3 Å². The second-order valence-electron chi connectivity index (χ2n) is 10.6. The number of carbonyl (C=O) groups is 3. The second-order valence-corrected chi connectivity index (χ2v) is 10.6. The van der Waals surface area contributed by atoms with Gasteiger partial charge in [-0.1, -0.05) is 19.1 Å². The SMILES string of the molecule is CC(=O)Nc1ccc(CN2C(=O)[C@@]3(O[C@@H](CCO)[C@H](C(C)(C)O)[C@H]3C)c3cc(NC(C)=O)ccc32)cc1. The number of carbonyl (C=O) groups excluding carboxylic acids is 3. The summed E-state index contributed by atoms with van der Waals surface area (Å²) in [4.78, 5) is 39.1. The quantitative estimate of drug-likeness (QED) is 0.454. The van der Waals surface area contributed by atoms with E-state index in [1.165, 1.54) is 13.8 Å². The minimum atomic E-state index is -1.38. The van der Waals surface area contributed by atoms with Crippen molar-refractivity contribution in [3.05, 3.63) is 53.6 Å². The summed E-state index contributed by atoms with van der Waals surface area (Å²) in [6.45, 7) is 8.28. The lowest BCUT2D eigenvalue weighted by molar-refractivity contribution is -0.146. The van der Waals surface area contributed by atoms with E-state index >= 15 is 0 Å². The lowest BCUT2D eigenvalue weighted by Gasteiger charge is -2.34. The molecule has 3 amide bonds. The molecule has 2 aliphatic rings. The summed E-state index contributed by atoms with van der Waals surface area (Å²) < 4.78 is 6.56. The largest absolute Gasteiger partial charge is 0.396 e. The zero-order chi connectivity index (χ0) is 27.1. The summed E-state index contributed by atoms with van der Waals surface area (Å²) in [5.74, 6) is -1.50. The number of hydrogen-bond acceptors (Lipinski definition) is 6. The first-order valence-corrected chi connectivity index (χ1v) is 12.5. The Bertz CT molecular complexity index is 1210. The van der Waals surface area contributed by atoms with Crippen LogP contribution in [0.15, 0.2) is 42.5 Å². The highest BCUT2D eigenvalue weighted by molar-refractivity contribution is 6.08. The van der Waals surface area contributed by atoms with Crippen LogP contribution < -0.4 is 15.5 Å². The molecule has 1 saturated heterocycles. The zero-order valence-corrected chi connectivity index (χ0v) is 21.9. The molecule has 0 radical (unpaired) electrons. The molecule has 0 bridgehead atoms. The third-order valence-corrected chi connectivity index (χ3v) is 7.33. The van der Waals surface area contributed by atoms with E-state index in [2.05, 4.69) is 10.6 Å². The van der Waals surface area contributed by atoms with Gasteiger partial charge in [-0.3, -0.25) is 14.4 Å². The fraction of sp³-hybridized carbons (Fsp3) is 0.464. The van der Waals surface area contributed by atoms with Gasteiger partial charge in [-0.25, -0.2) is 0 Å². The summed E-state index contributed by atoms with van der Waals surface area (Å²) in [7, 11) is 0. The van der Waals surface area contributed by atoms with Gasteiger partial charge in [-0.2, -0.15) is 0 Å². The molecule has 0 aromatic heterocycles. The van der Waals surface area contributed by atoms with Crippen molar-refractivity contribution in [2.24, 2.45) is 11.8 Å². The first-order chi connectivity index (χ1) is 17.4. The Hall–Kier alpha value is -3.27. The average Bonchev–Trinajstić information content (AvgIpc) is 3.21. The van der Waals surface area contributed by atoms with E-state index in [1.807, 2.05) is 19.1 Å². The molecule has 9 nitrogen and oxygen atoms in total. The summed E-state index contributed by atoms with van der Waals surface area (Å²) in [6.07, 6.45) is -0.266. The number of aliphatic hydroxyl groups is 2. The normalized spacial score (nSPS) is 24.9. The van der Waals surface area contributed by atoms with Crippen molar-refractivity contribution in [3.63, 3.8) is 0 Å². The van der Waals surface area contributed by atoms with Crippen molar-refractivity contribution in [2.75, 3.05) is 22.1 Å². The molecule has 1 fully saturated rings. The average molecular weight is 510 g/mol. The lowest BCUT2D eigenvalue weighted by atomic mass is 9.71. The Labute approximate surface area is 216 Å². The van der Waals surface area contributed by atoms with Crippen molar-refractivity contribution in [1.82, 2.24) is 0 Å². The highest BCUT2D eigenvalue weighted by atomic mass is 16.5. The van der Waals surface area contributed by atoms with Crippen LogP contribution in [0.25, 0.3) is 0 Å². The lowest BCUT2D eigenvalue weighted by Crippen LogP contribution is -2.46. The van der Waals surface area contributed by atoms with Gasteiger partial charge in [0.25, 0.3) is 5.91 Å². The van der Waals surface area contributed by atoms with Gasteiger partial charge >= 0.3 is 0 Å². The molecule has 198 valence electrons. The van der Waals surface area contributed by atoms with Crippen LogP contribution in [0, 0.1) is 11.8 Å². The number of fused-ring (bicyclic) bond motifs is 2. The van der Waals surface area contributed by atoms with Gasteiger partial charge in [0.05, 0.1) is 23.9 Å². The van der Waals surface area contributed by atoms with Crippen LogP contribution in [-0.2, 0) is 31.3 Å². The van der Waals surface area contributed by atoms with Gasteiger partial charge in [0.15, 0.2) is 5.60 Å². The molecule has 0 aliphatic carbocycles. The Morgan fingerprint density at radius 2 is 1.65 bits per heavy atom. The summed E-state index contributed by atoms with van der Waals surface area (Å²) in [5.41, 5.74) is 0.801. The molecule has 0 unspecified atom stereocenters. The number of ether oxygens (including phenoxy) is 1. The van der Waals surface area contributed by atoms with Crippen LogP contribution >= 0.6 is 0 Å². The number of anilines is 3. The second kappa shape index (κ2) is 9.89. The fourth-order valence-corrected chi connectivity index (χ4v) is 5.99. The van der Waals surface area contributed by atoms with Gasteiger partial charge in [0, 0.05) is 49.2 Å². The van der Waals surface area contributed by atoms with Crippen LogP contribution in [-0.4, -0.2) is 46.2 Å². The molecular weight excluding hydrogens is 474 g/mol. The smallest absolute Gasteiger partial charge is 0.264 e. The van der Waals surface area contributed by atoms with Crippen LogP contribution in [0.1, 0.15) is 52.2 Å². The third-order valence-electron chi connectivity index (χ3n) is 7.33. The number of nitrogens with one attached hydrogen (secondary N) is 2. The maximum Gasteiger partial charge on any atom is 0.264 e. The predicted octanol–water partition coefficient (Wildman–Crippen LogP) is 3.15. The van der Waals surface area contributed by atoms with E-state index < -0.39 is 29.1 Å². The minimum Gasteiger partial charge on any atom is -0.396 e. The van der Waals surface area contributed by atoms with Crippen LogP contribution in [0.2, 0.25) is 0 Å². The van der Waals surface area contributed by atoms with Crippen molar-refractivity contribution in [3.8, 4) is 0 Å². The molecule has 2 aromatic rings. The van der Waals surface area contributed by atoms with E-state index in [9.17, 15) is 24.6 Å². The predicted molar refractivity (Wildman–Crippen MR) is 140 cm³/mol. The van der Waals surface area contributed by atoms with E-state index in [4.69, 9.17) is 4.74 Å². The van der Waals surface area contributed by atoms with Crippen LogP contribution in [0.5, 0.6) is 0 Å². The summed E-state index contributed by atoms with van der Waals surface area (Å²) >= 11 is 0. The van der Waals surface area contributed by atoms with Gasteiger partial charge < -0.3 is 30.5 Å². The summed E-state index contributed by atoms with van der Waals surface area (Å²) in [6, 6.07) is 12.6. The molecule has 2 heterocycles. The van der Waals surface area contributed by atoms with E-state index in [-0.39, 0.29) is 37.3 Å². The highest BCUT2D eigenvalue weighted by Gasteiger charge is 2.65. The Morgan fingerprint density at radius 1 is 1.05 bits per heavy atom. The Kier molecular flexibility index (Phi) is 7.16. The fourth-order valence-electron chi connectivity index (χ4n) is 5.99. The van der Waals surface area contributed by atoms with Crippen molar-refractivity contribution in [1.29, 1.82) is 0 Å². The summed E-state index contributed by atoms with van der Waals surface area (Å²) in [5, 5.41) is 26.3. The number of aliphatic hydroxyl groups excluding tert-OH is 1. The minimum absolute atomic E-state index is 0.141. The van der Waals surface area contributed by atoms with E-state index in [0.717, 1.165) is 5.56 Å². The zero-order valence-electron chi connectivity index (χ0n) is 21.9. The number of rotatable bonds is 7. The molecule has 37 heavy (non-hydrogen) atoms. The monoisotopic (exact) mass is 509 g/mol. The third kappa shape index (κ3) is 4.86. The molecule has 9 heteroatoms. The van der Waals surface area contributed by atoms with Crippen LogP contribution in [0.3, 0.4) is 0 Å². The number of amides is 3. The molecule has 2 aliphatic heterocycles. The first-order valence-electron chi connectivity index (χ1n) is 12.5. The molecule has 4 rings (SSSR count). The van der Waals surface area contributed by atoms with Crippen molar-refractivity contribution in [2.45, 2.75) is 64.9 Å². The Balaban J connectivity index is 1.79. The first kappa shape index (κ1) is 26.8.